The van der Waals surface area contributed by atoms with Crippen molar-refractivity contribution in [1.82, 2.24) is 9.78 Å². The molecule has 1 aromatic heterocycles. The third kappa shape index (κ3) is 1.65. The van der Waals surface area contributed by atoms with Gasteiger partial charge in [-0.3, -0.25) is 4.68 Å². The van der Waals surface area contributed by atoms with Crippen LogP contribution in [-0.4, -0.2) is 9.78 Å². The molecule has 0 fully saturated rings. The molecule has 3 nitrogen and oxygen atoms in total. The zero-order valence-corrected chi connectivity index (χ0v) is 9.49. The van der Waals surface area contributed by atoms with Gasteiger partial charge in [0.15, 0.2) is 0 Å². The molecule has 0 unspecified atom stereocenters. The SMILES string of the molecule is NCc1nn2c(c1-c1cccc(F)c1)CCC2. The van der Waals surface area contributed by atoms with Gasteiger partial charge >= 0.3 is 0 Å². The van der Waals surface area contributed by atoms with Gasteiger partial charge in [-0.05, 0) is 30.5 Å². The van der Waals surface area contributed by atoms with E-state index in [1.807, 2.05) is 10.7 Å². The Labute approximate surface area is 99.1 Å². The van der Waals surface area contributed by atoms with Crippen LogP contribution in [-0.2, 0) is 19.5 Å². The van der Waals surface area contributed by atoms with Crippen LogP contribution in [0.3, 0.4) is 0 Å². The highest BCUT2D eigenvalue weighted by Gasteiger charge is 2.21. The summed E-state index contributed by atoms with van der Waals surface area (Å²) in [6, 6.07) is 6.65. The smallest absolute Gasteiger partial charge is 0.123 e. The van der Waals surface area contributed by atoms with Crippen molar-refractivity contribution in [2.45, 2.75) is 25.9 Å². The Morgan fingerprint density at radius 1 is 1.41 bits per heavy atom. The lowest BCUT2D eigenvalue weighted by Crippen LogP contribution is -2.01. The summed E-state index contributed by atoms with van der Waals surface area (Å²) >= 11 is 0. The highest BCUT2D eigenvalue weighted by Crippen LogP contribution is 2.31. The van der Waals surface area contributed by atoms with Crippen LogP contribution in [0.15, 0.2) is 24.3 Å². The standard InChI is InChI=1S/C13H14FN3/c14-10-4-1-3-9(7-10)13-11(8-15)16-17-6-2-5-12(13)17/h1,3-4,7H,2,5-6,8,15H2. The second-order valence-corrected chi connectivity index (χ2v) is 4.31. The number of halogens is 1. The first-order valence-corrected chi connectivity index (χ1v) is 5.84. The molecule has 0 aliphatic carbocycles. The molecule has 0 saturated heterocycles. The van der Waals surface area contributed by atoms with Crippen LogP contribution in [0.25, 0.3) is 11.1 Å². The Bertz CT molecular complexity index is 560. The number of aromatic nitrogens is 2. The van der Waals surface area contributed by atoms with Crippen LogP contribution in [0.4, 0.5) is 4.39 Å². The highest BCUT2D eigenvalue weighted by atomic mass is 19.1. The molecule has 1 aliphatic heterocycles. The van der Waals surface area contributed by atoms with Gasteiger partial charge in [-0.1, -0.05) is 12.1 Å². The van der Waals surface area contributed by atoms with Gasteiger partial charge in [0.25, 0.3) is 0 Å². The maximum absolute atomic E-state index is 13.3. The molecule has 2 heterocycles. The summed E-state index contributed by atoms with van der Waals surface area (Å²) in [5.41, 5.74) is 9.69. The van der Waals surface area contributed by atoms with Crippen molar-refractivity contribution in [3.05, 3.63) is 41.5 Å². The number of aryl methyl sites for hydroxylation is 1. The molecule has 2 N–H and O–H groups in total. The average Bonchev–Trinajstić information content (AvgIpc) is 2.87. The fourth-order valence-corrected chi connectivity index (χ4v) is 2.51. The maximum Gasteiger partial charge on any atom is 0.123 e. The first-order valence-electron chi connectivity index (χ1n) is 5.84. The molecule has 0 radical (unpaired) electrons. The maximum atomic E-state index is 13.3. The van der Waals surface area contributed by atoms with Crippen molar-refractivity contribution in [2.75, 3.05) is 0 Å². The second kappa shape index (κ2) is 3.96. The largest absolute Gasteiger partial charge is 0.325 e. The lowest BCUT2D eigenvalue weighted by molar-refractivity contribution is 0.628. The van der Waals surface area contributed by atoms with Crippen molar-refractivity contribution < 1.29 is 4.39 Å². The number of fused-ring (bicyclic) bond motifs is 1. The fourth-order valence-electron chi connectivity index (χ4n) is 2.51. The number of nitrogens with two attached hydrogens (primary N) is 1. The second-order valence-electron chi connectivity index (χ2n) is 4.31. The van der Waals surface area contributed by atoms with Crippen LogP contribution >= 0.6 is 0 Å². The molecule has 1 aliphatic rings. The lowest BCUT2D eigenvalue weighted by Gasteiger charge is -2.03. The van der Waals surface area contributed by atoms with Crippen molar-refractivity contribution in [3.63, 3.8) is 0 Å². The van der Waals surface area contributed by atoms with E-state index in [0.717, 1.165) is 36.2 Å². The minimum atomic E-state index is -0.219. The Balaban J connectivity index is 2.19. The highest BCUT2D eigenvalue weighted by molar-refractivity contribution is 5.69. The van der Waals surface area contributed by atoms with E-state index in [4.69, 9.17) is 5.73 Å². The average molecular weight is 231 g/mol. The minimum Gasteiger partial charge on any atom is -0.325 e. The van der Waals surface area contributed by atoms with Gasteiger partial charge in [-0.15, -0.1) is 0 Å². The van der Waals surface area contributed by atoms with Crippen molar-refractivity contribution in [3.8, 4) is 11.1 Å². The van der Waals surface area contributed by atoms with Crippen LogP contribution in [0.1, 0.15) is 17.8 Å². The molecule has 1 aromatic carbocycles. The van der Waals surface area contributed by atoms with Gasteiger partial charge in [-0.25, -0.2) is 4.39 Å². The molecule has 0 amide bonds. The molecule has 17 heavy (non-hydrogen) atoms. The summed E-state index contributed by atoms with van der Waals surface area (Å²) in [7, 11) is 0. The minimum absolute atomic E-state index is 0.219. The number of hydrogen-bond acceptors (Lipinski definition) is 2. The molecule has 0 bridgehead atoms. The van der Waals surface area contributed by atoms with E-state index < -0.39 is 0 Å². The first kappa shape index (κ1) is 10.5. The zero-order valence-electron chi connectivity index (χ0n) is 9.49. The Hall–Kier alpha value is -1.68. The van der Waals surface area contributed by atoms with E-state index in [1.54, 1.807) is 12.1 Å². The molecule has 0 atom stereocenters. The van der Waals surface area contributed by atoms with E-state index in [0.29, 0.717) is 6.54 Å². The summed E-state index contributed by atoms with van der Waals surface area (Å²) in [6.45, 7) is 1.34. The van der Waals surface area contributed by atoms with E-state index in [1.165, 1.54) is 11.8 Å². The molecular weight excluding hydrogens is 217 g/mol. The van der Waals surface area contributed by atoms with Crippen LogP contribution < -0.4 is 5.73 Å². The quantitative estimate of drug-likeness (QED) is 0.860. The van der Waals surface area contributed by atoms with Gasteiger partial charge in [0, 0.05) is 24.3 Å². The first-order chi connectivity index (χ1) is 8.29. The predicted octanol–water partition coefficient (Wildman–Crippen LogP) is 2.09. The molecule has 4 heteroatoms. The third-order valence-corrected chi connectivity index (χ3v) is 3.22. The van der Waals surface area contributed by atoms with E-state index in [9.17, 15) is 4.39 Å². The lowest BCUT2D eigenvalue weighted by atomic mass is 10.0. The summed E-state index contributed by atoms with van der Waals surface area (Å²) in [6.07, 6.45) is 2.11. The van der Waals surface area contributed by atoms with Crippen LogP contribution in [0, 0.1) is 5.82 Å². The Kier molecular flexibility index (Phi) is 2.44. The van der Waals surface area contributed by atoms with Gasteiger partial charge in [0.05, 0.1) is 5.69 Å². The van der Waals surface area contributed by atoms with Gasteiger partial charge in [0.2, 0.25) is 0 Å². The number of benzene rings is 1. The van der Waals surface area contributed by atoms with Gasteiger partial charge in [0.1, 0.15) is 5.82 Å². The molecule has 0 spiro atoms. The van der Waals surface area contributed by atoms with Crippen LogP contribution in [0.2, 0.25) is 0 Å². The molecule has 3 rings (SSSR count). The van der Waals surface area contributed by atoms with Crippen molar-refractivity contribution in [2.24, 2.45) is 5.73 Å². The monoisotopic (exact) mass is 231 g/mol. The van der Waals surface area contributed by atoms with E-state index in [2.05, 4.69) is 5.10 Å². The molecular formula is C13H14FN3. The fraction of sp³-hybridized carbons (Fsp3) is 0.308. The summed E-state index contributed by atoms with van der Waals surface area (Å²) in [4.78, 5) is 0. The number of hydrogen-bond donors (Lipinski definition) is 1. The Morgan fingerprint density at radius 3 is 3.06 bits per heavy atom. The molecule has 88 valence electrons. The molecule has 0 saturated carbocycles. The van der Waals surface area contributed by atoms with Gasteiger partial charge < -0.3 is 5.73 Å². The predicted molar refractivity (Wildman–Crippen MR) is 63.8 cm³/mol. The third-order valence-electron chi connectivity index (χ3n) is 3.22. The number of nitrogens with zero attached hydrogens (tertiary/aromatic N) is 2. The summed E-state index contributed by atoms with van der Waals surface area (Å²) in [5, 5.41) is 4.48. The normalized spacial score (nSPS) is 14.0. The van der Waals surface area contributed by atoms with E-state index in [-0.39, 0.29) is 5.82 Å². The van der Waals surface area contributed by atoms with Gasteiger partial charge in [-0.2, -0.15) is 5.10 Å². The summed E-state index contributed by atoms with van der Waals surface area (Å²) in [5.74, 6) is -0.219. The Morgan fingerprint density at radius 2 is 2.29 bits per heavy atom. The van der Waals surface area contributed by atoms with Crippen molar-refractivity contribution >= 4 is 0 Å². The zero-order chi connectivity index (χ0) is 11.8. The van der Waals surface area contributed by atoms with Crippen LogP contribution in [0.5, 0.6) is 0 Å². The number of rotatable bonds is 2. The van der Waals surface area contributed by atoms with Crippen molar-refractivity contribution in [1.29, 1.82) is 0 Å². The topological polar surface area (TPSA) is 43.8 Å². The molecule has 2 aromatic rings. The summed E-state index contributed by atoms with van der Waals surface area (Å²) < 4.78 is 15.3. The van der Waals surface area contributed by atoms with E-state index >= 15 is 0 Å².